The summed E-state index contributed by atoms with van der Waals surface area (Å²) in [4.78, 5) is 2.12. The minimum atomic E-state index is 0.642. The summed E-state index contributed by atoms with van der Waals surface area (Å²) in [7, 11) is 3.37. The number of nitrogens with zero attached hydrogens (tertiary/aromatic N) is 1. The van der Waals surface area contributed by atoms with E-state index in [1.165, 1.54) is 0 Å². The first-order valence-electron chi connectivity index (χ1n) is 8.48. The molecule has 0 aliphatic carbocycles. The summed E-state index contributed by atoms with van der Waals surface area (Å²) in [6.45, 7) is 4.43. The lowest BCUT2D eigenvalue weighted by atomic mass is 10.0. The fraction of sp³-hybridized carbons (Fsp3) is 0.350. The summed E-state index contributed by atoms with van der Waals surface area (Å²) in [6.07, 6.45) is 1.02. The van der Waals surface area contributed by atoms with E-state index in [4.69, 9.17) is 21.7 Å². The van der Waals surface area contributed by atoms with Gasteiger partial charge in [-0.2, -0.15) is 0 Å². The van der Waals surface area contributed by atoms with Crippen LogP contribution in [0.3, 0.4) is 0 Å². The topological polar surface area (TPSA) is 33.7 Å². The van der Waals surface area contributed by atoms with Crippen molar-refractivity contribution in [3.8, 4) is 16.9 Å². The Hall–Kier alpha value is -2.11. The molecule has 0 saturated carbocycles. The van der Waals surface area contributed by atoms with Gasteiger partial charge in [0.15, 0.2) is 5.11 Å². The Labute approximate surface area is 155 Å². The van der Waals surface area contributed by atoms with Crippen LogP contribution in [0.2, 0.25) is 0 Å². The summed E-state index contributed by atoms with van der Waals surface area (Å²) in [5.74, 6) is 0.769. The number of methoxy groups -OCH3 is 2. The third-order valence-electron chi connectivity index (χ3n) is 3.89. The number of anilines is 1. The molecule has 0 aromatic heterocycles. The Morgan fingerprint density at radius 1 is 1.04 bits per heavy atom. The van der Waals surface area contributed by atoms with Crippen molar-refractivity contribution >= 4 is 23.0 Å². The van der Waals surface area contributed by atoms with E-state index in [1.807, 2.05) is 24.3 Å². The fourth-order valence-electron chi connectivity index (χ4n) is 2.60. The predicted octanol–water partition coefficient (Wildman–Crippen LogP) is 4.42. The van der Waals surface area contributed by atoms with Gasteiger partial charge in [0.1, 0.15) is 5.75 Å². The monoisotopic (exact) mass is 358 g/mol. The first-order valence-corrected chi connectivity index (χ1v) is 8.88. The van der Waals surface area contributed by atoms with Crippen molar-refractivity contribution < 1.29 is 9.47 Å². The van der Waals surface area contributed by atoms with E-state index in [0.717, 1.165) is 42.1 Å². The molecule has 134 valence electrons. The van der Waals surface area contributed by atoms with Crippen molar-refractivity contribution in [2.24, 2.45) is 0 Å². The van der Waals surface area contributed by atoms with Gasteiger partial charge in [0, 0.05) is 20.2 Å². The van der Waals surface area contributed by atoms with Crippen LogP contribution < -0.4 is 10.1 Å². The summed E-state index contributed by atoms with van der Waals surface area (Å²) in [5.41, 5.74) is 3.14. The van der Waals surface area contributed by atoms with Gasteiger partial charge >= 0.3 is 0 Å². The molecule has 25 heavy (non-hydrogen) atoms. The van der Waals surface area contributed by atoms with Crippen molar-refractivity contribution in [2.75, 3.05) is 39.2 Å². The normalized spacial score (nSPS) is 10.4. The van der Waals surface area contributed by atoms with Crippen LogP contribution in [-0.2, 0) is 4.74 Å². The van der Waals surface area contributed by atoms with E-state index in [1.54, 1.807) is 14.2 Å². The van der Waals surface area contributed by atoms with Gasteiger partial charge in [-0.15, -0.1) is 0 Å². The summed E-state index contributed by atoms with van der Waals surface area (Å²) in [5, 5.41) is 4.03. The van der Waals surface area contributed by atoms with Crippen LogP contribution in [0, 0.1) is 0 Å². The SMILES string of the molecule is CCCN(CCOC)C(=S)Nc1cc(-c2ccccc2)ccc1OC. The minimum absolute atomic E-state index is 0.642. The number of hydrogen-bond acceptors (Lipinski definition) is 3. The zero-order chi connectivity index (χ0) is 18.1. The standard InChI is InChI=1S/C20H26N2O2S/c1-4-12-22(13-14-23-2)20(25)21-18-15-17(10-11-19(18)24-3)16-8-6-5-7-9-16/h5-11,15H,4,12-14H2,1-3H3,(H,21,25). The maximum Gasteiger partial charge on any atom is 0.173 e. The Morgan fingerprint density at radius 2 is 1.80 bits per heavy atom. The van der Waals surface area contributed by atoms with Crippen LogP contribution in [0.4, 0.5) is 5.69 Å². The maximum atomic E-state index is 5.61. The third-order valence-corrected chi connectivity index (χ3v) is 4.25. The summed E-state index contributed by atoms with van der Waals surface area (Å²) >= 11 is 5.61. The highest BCUT2D eigenvalue weighted by Crippen LogP contribution is 2.30. The summed E-state index contributed by atoms with van der Waals surface area (Å²) in [6, 6.07) is 16.3. The summed E-state index contributed by atoms with van der Waals surface area (Å²) < 4.78 is 10.7. The molecule has 0 bridgehead atoms. The van der Waals surface area contributed by atoms with Gasteiger partial charge in [-0.25, -0.2) is 0 Å². The molecule has 0 aliphatic heterocycles. The van der Waals surface area contributed by atoms with Crippen molar-refractivity contribution in [1.82, 2.24) is 4.90 Å². The quantitative estimate of drug-likeness (QED) is 0.707. The largest absolute Gasteiger partial charge is 0.495 e. The highest BCUT2D eigenvalue weighted by molar-refractivity contribution is 7.80. The molecule has 0 amide bonds. The number of ether oxygens (including phenoxy) is 2. The first kappa shape index (κ1) is 19.2. The number of rotatable bonds is 8. The molecule has 2 aromatic carbocycles. The molecule has 0 unspecified atom stereocenters. The lowest BCUT2D eigenvalue weighted by Crippen LogP contribution is -2.37. The molecule has 4 nitrogen and oxygen atoms in total. The molecule has 0 heterocycles. The second-order valence-electron chi connectivity index (χ2n) is 5.69. The molecule has 1 N–H and O–H groups in total. The molecule has 0 aliphatic rings. The van der Waals surface area contributed by atoms with Gasteiger partial charge in [-0.3, -0.25) is 0 Å². The number of hydrogen-bond donors (Lipinski definition) is 1. The van der Waals surface area contributed by atoms with Gasteiger partial charge in [-0.1, -0.05) is 43.3 Å². The number of nitrogens with one attached hydrogen (secondary N) is 1. The Kier molecular flexibility index (Phi) is 7.70. The van der Waals surface area contributed by atoms with Crippen LogP contribution in [0.1, 0.15) is 13.3 Å². The smallest absolute Gasteiger partial charge is 0.173 e. The van der Waals surface area contributed by atoms with E-state index in [9.17, 15) is 0 Å². The average molecular weight is 359 g/mol. The van der Waals surface area contributed by atoms with Crippen molar-refractivity contribution in [3.63, 3.8) is 0 Å². The van der Waals surface area contributed by atoms with Gasteiger partial charge < -0.3 is 19.7 Å². The van der Waals surface area contributed by atoms with Crippen LogP contribution in [0.5, 0.6) is 5.75 Å². The molecule has 0 fully saturated rings. The van der Waals surface area contributed by atoms with Crippen LogP contribution in [0.15, 0.2) is 48.5 Å². The second kappa shape index (κ2) is 10.0. The van der Waals surface area contributed by atoms with Crippen molar-refractivity contribution in [1.29, 1.82) is 0 Å². The third kappa shape index (κ3) is 5.44. The minimum Gasteiger partial charge on any atom is -0.495 e. The van der Waals surface area contributed by atoms with Gasteiger partial charge in [0.2, 0.25) is 0 Å². The molecule has 5 heteroatoms. The molecular formula is C20H26N2O2S. The average Bonchev–Trinajstić information content (AvgIpc) is 2.65. The van der Waals surface area contributed by atoms with Crippen LogP contribution in [0.25, 0.3) is 11.1 Å². The molecule has 0 saturated heterocycles. The van der Waals surface area contributed by atoms with Crippen LogP contribution in [-0.4, -0.2) is 43.9 Å². The molecule has 2 rings (SSSR count). The van der Waals surface area contributed by atoms with E-state index < -0.39 is 0 Å². The van der Waals surface area contributed by atoms with Gasteiger partial charge in [0.25, 0.3) is 0 Å². The van der Waals surface area contributed by atoms with E-state index in [0.29, 0.717) is 11.7 Å². The highest BCUT2D eigenvalue weighted by atomic mass is 32.1. The van der Waals surface area contributed by atoms with E-state index in [-0.39, 0.29) is 0 Å². The zero-order valence-corrected chi connectivity index (χ0v) is 15.9. The van der Waals surface area contributed by atoms with E-state index in [2.05, 4.69) is 41.4 Å². The lowest BCUT2D eigenvalue weighted by Gasteiger charge is -2.26. The predicted molar refractivity (Wildman–Crippen MR) is 108 cm³/mol. The molecular weight excluding hydrogens is 332 g/mol. The molecule has 0 radical (unpaired) electrons. The Balaban J connectivity index is 2.22. The highest BCUT2D eigenvalue weighted by Gasteiger charge is 2.12. The molecule has 2 aromatic rings. The second-order valence-corrected chi connectivity index (χ2v) is 6.08. The van der Waals surface area contributed by atoms with Crippen molar-refractivity contribution in [2.45, 2.75) is 13.3 Å². The number of thiocarbonyl (C=S) groups is 1. The maximum absolute atomic E-state index is 5.61. The van der Waals surface area contributed by atoms with Gasteiger partial charge in [-0.05, 0) is 41.9 Å². The van der Waals surface area contributed by atoms with E-state index >= 15 is 0 Å². The number of benzene rings is 2. The zero-order valence-electron chi connectivity index (χ0n) is 15.1. The molecule has 0 atom stereocenters. The lowest BCUT2D eigenvalue weighted by molar-refractivity contribution is 0.177. The van der Waals surface area contributed by atoms with Crippen LogP contribution >= 0.6 is 12.2 Å². The Bertz CT molecular complexity index is 677. The first-order chi connectivity index (χ1) is 12.2. The molecule has 0 spiro atoms. The van der Waals surface area contributed by atoms with Crippen molar-refractivity contribution in [3.05, 3.63) is 48.5 Å². The van der Waals surface area contributed by atoms with Gasteiger partial charge in [0.05, 0.1) is 19.4 Å². The Morgan fingerprint density at radius 3 is 2.44 bits per heavy atom. The fourth-order valence-corrected chi connectivity index (χ4v) is 2.89.